The van der Waals surface area contributed by atoms with Crippen molar-refractivity contribution < 1.29 is 4.42 Å². The van der Waals surface area contributed by atoms with Crippen molar-refractivity contribution in [2.24, 2.45) is 10.9 Å². The third-order valence-electron chi connectivity index (χ3n) is 4.51. The summed E-state index contributed by atoms with van der Waals surface area (Å²) in [5.41, 5.74) is 2.99. The maximum absolute atomic E-state index is 5.41. The topological polar surface area (TPSA) is 41.6 Å². The molecule has 4 heteroatoms. The summed E-state index contributed by atoms with van der Waals surface area (Å²) >= 11 is 0. The lowest BCUT2D eigenvalue weighted by Crippen LogP contribution is -2.35. The third kappa shape index (κ3) is 1.40. The molecule has 1 atom stereocenters. The van der Waals surface area contributed by atoms with Crippen LogP contribution in [-0.4, -0.2) is 27.8 Å². The fraction of sp³-hybridized carbons (Fsp3) is 0.467. The minimum atomic E-state index is 0.00677. The summed E-state index contributed by atoms with van der Waals surface area (Å²) in [6, 6.07) is 4.14. The number of pyridine rings is 1. The average Bonchev–Trinajstić information content (AvgIpc) is 2.99. The molecule has 0 amide bonds. The maximum atomic E-state index is 5.41. The number of amidine groups is 1. The number of furan rings is 1. The van der Waals surface area contributed by atoms with Gasteiger partial charge in [0.05, 0.1) is 11.8 Å². The number of aromatic nitrogens is 1. The van der Waals surface area contributed by atoms with Gasteiger partial charge in [-0.1, -0.05) is 13.8 Å². The maximum Gasteiger partial charge on any atom is 0.226 e. The number of rotatable bonds is 1. The Bertz CT molecular complexity index is 700. The molecule has 4 nitrogen and oxygen atoms in total. The molecule has 2 aromatic rings. The predicted octanol–water partition coefficient (Wildman–Crippen LogP) is 2.82. The summed E-state index contributed by atoms with van der Waals surface area (Å²) in [5.74, 6) is 1.57. The minimum Gasteiger partial charge on any atom is -0.446 e. The minimum absolute atomic E-state index is 0.00677. The molecular weight excluding hydrogens is 238 g/mol. The van der Waals surface area contributed by atoms with Crippen LogP contribution in [0.15, 0.2) is 27.8 Å². The van der Waals surface area contributed by atoms with Crippen LogP contribution in [0.4, 0.5) is 0 Å². The first-order valence-electron chi connectivity index (χ1n) is 6.79. The van der Waals surface area contributed by atoms with Gasteiger partial charge in [0.25, 0.3) is 0 Å². The number of hydrogen-bond acceptors (Lipinski definition) is 4. The molecule has 0 saturated heterocycles. The summed E-state index contributed by atoms with van der Waals surface area (Å²) < 4.78 is 5.41. The molecule has 2 aliphatic heterocycles. The first-order chi connectivity index (χ1) is 9.07. The molecule has 0 bridgehead atoms. The molecule has 2 aliphatic rings. The fourth-order valence-corrected chi connectivity index (χ4v) is 2.92. The molecule has 2 aromatic heterocycles. The van der Waals surface area contributed by atoms with Crippen LogP contribution in [0, 0.1) is 5.92 Å². The van der Waals surface area contributed by atoms with Crippen molar-refractivity contribution in [2.75, 3.05) is 6.54 Å². The monoisotopic (exact) mass is 255 g/mol. The van der Waals surface area contributed by atoms with Gasteiger partial charge in [-0.2, -0.15) is 0 Å². The van der Waals surface area contributed by atoms with Gasteiger partial charge in [0, 0.05) is 24.0 Å². The second-order valence-corrected chi connectivity index (χ2v) is 6.11. The Kier molecular flexibility index (Phi) is 1.96. The van der Waals surface area contributed by atoms with Crippen LogP contribution in [0.3, 0.4) is 0 Å². The van der Waals surface area contributed by atoms with Crippen molar-refractivity contribution in [3.63, 3.8) is 0 Å². The van der Waals surface area contributed by atoms with E-state index in [-0.39, 0.29) is 5.54 Å². The molecule has 0 saturated carbocycles. The quantitative estimate of drug-likeness (QED) is 0.786. The Labute approximate surface area is 112 Å². The lowest BCUT2D eigenvalue weighted by atomic mass is 9.89. The van der Waals surface area contributed by atoms with E-state index in [2.05, 4.69) is 36.7 Å². The van der Waals surface area contributed by atoms with E-state index in [4.69, 9.17) is 9.41 Å². The zero-order chi connectivity index (χ0) is 13.2. The van der Waals surface area contributed by atoms with Crippen LogP contribution in [0.5, 0.6) is 0 Å². The van der Waals surface area contributed by atoms with E-state index in [0.717, 1.165) is 30.0 Å². The van der Waals surface area contributed by atoms with Crippen LogP contribution in [0.2, 0.25) is 0 Å². The molecule has 98 valence electrons. The predicted molar refractivity (Wildman–Crippen MR) is 74.2 cm³/mol. The van der Waals surface area contributed by atoms with E-state index in [1.54, 1.807) is 6.26 Å². The van der Waals surface area contributed by atoms with E-state index in [0.29, 0.717) is 11.6 Å². The van der Waals surface area contributed by atoms with E-state index in [1.807, 2.05) is 6.07 Å². The zero-order valence-electron chi connectivity index (χ0n) is 11.5. The van der Waals surface area contributed by atoms with Crippen LogP contribution in [0.25, 0.3) is 11.1 Å². The molecule has 0 aromatic carbocycles. The molecule has 0 spiro atoms. The van der Waals surface area contributed by atoms with Crippen LogP contribution in [0.1, 0.15) is 32.0 Å². The number of fused-ring (bicyclic) bond motifs is 4. The molecule has 0 fully saturated rings. The Morgan fingerprint density at radius 2 is 2.26 bits per heavy atom. The Hall–Kier alpha value is -1.84. The smallest absolute Gasteiger partial charge is 0.226 e. The SMILES string of the molecule is CC(C)C1(C)CN2Cc3cc4ccoc4nc3C2=N1. The Morgan fingerprint density at radius 1 is 1.42 bits per heavy atom. The first-order valence-corrected chi connectivity index (χ1v) is 6.79. The lowest BCUT2D eigenvalue weighted by molar-refractivity contribution is 0.290. The van der Waals surface area contributed by atoms with Gasteiger partial charge < -0.3 is 9.32 Å². The number of nitrogens with zero attached hydrogens (tertiary/aromatic N) is 3. The summed E-state index contributed by atoms with van der Waals surface area (Å²) in [4.78, 5) is 11.9. The average molecular weight is 255 g/mol. The van der Waals surface area contributed by atoms with Crippen molar-refractivity contribution in [1.82, 2.24) is 9.88 Å². The van der Waals surface area contributed by atoms with Crippen LogP contribution < -0.4 is 0 Å². The Morgan fingerprint density at radius 3 is 3.05 bits per heavy atom. The van der Waals surface area contributed by atoms with Gasteiger partial charge in [0.2, 0.25) is 5.71 Å². The van der Waals surface area contributed by atoms with E-state index < -0.39 is 0 Å². The number of hydrogen-bond donors (Lipinski definition) is 0. The van der Waals surface area contributed by atoms with Crippen LogP contribution in [-0.2, 0) is 6.54 Å². The van der Waals surface area contributed by atoms with Gasteiger partial charge in [-0.25, -0.2) is 4.98 Å². The highest BCUT2D eigenvalue weighted by molar-refractivity contribution is 6.03. The molecule has 0 N–H and O–H groups in total. The van der Waals surface area contributed by atoms with Gasteiger partial charge in [-0.05, 0) is 25.0 Å². The molecule has 0 radical (unpaired) electrons. The summed E-state index contributed by atoms with van der Waals surface area (Å²) in [6.45, 7) is 8.60. The van der Waals surface area contributed by atoms with Gasteiger partial charge in [0.15, 0.2) is 5.84 Å². The molecule has 0 aliphatic carbocycles. The highest BCUT2D eigenvalue weighted by atomic mass is 16.3. The van der Waals surface area contributed by atoms with Gasteiger partial charge in [-0.3, -0.25) is 4.99 Å². The molecule has 19 heavy (non-hydrogen) atoms. The van der Waals surface area contributed by atoms with E-state index >= 15 is 0 Å². The second-order valence-electron chi connectivity index (χ2n) is 6.11. The Balaban J connectivity index is 1.87. The van der Waals surface area contributed by atoms with E-state index in [1.165, 1.54) is 5.56 Å². The largest absolute Gasteiger partial charge is 0.446 e. The highest BCUT2D eigenvalue weighted by Gasteiger charge is 2.42. The molecular formula is C15H17N3O. The first kappa shape index (κ1) is 11.0. The third-order valence-corrected chi connectivity index (χ3v) is 4.51. The van der Waals surface area contributed by atoms with Crippen LogP contribution >= 0.6 is 0 Å². The van der Waals surface area contributed by atoms with Crippen molar-refractivity contribution in [2.45, 2.75) is 32.9 Å². The van der Waals surface area contributed by atoms with Crippen molar-refractivity contribution in [3.8, 4) is 0 Å². The summed E-state index contributed by atoms with van der Waals surface area (Å²) in [6.07, 6.45) is 1.69. The summed E-state index contributed by atoms with van der Waals surface area (Å²) in [7, 11) is 0. The molecule has 4 rings (SSSR count). The van der Waals surface area contributed by atoms with E-state index in [9.17, 15) is 0 Å². The van der Waals surface area contributed by atoms with Crippen molar-refractivity contribution in [3.05, 3.63) is 29.7 Å². The standard InChI is InChI=1S/C15H17N3O/c1-9(2)15(3)8-18-7-11-6-10-4-5-19-14(10)16-12(11)13(18)17-15/h4-6,9H,7-8H2,1-3H3. The van der Waals surface area contributed by atoms with Crippen molar-refractivity contribution >= 4 is 16.9 Å². The van der Waals surface area contributed by atoms with Gasteiger partial charge in [0.1, 0.15) is 5.69 Å². The fourth-order valence-electron chi connectivity index (χ4n) is 2.92. The normalized spacial score (nSPS) is 25.1. The molecule has 4 heterocycles. The second kappa shape index (κ2) is 3.38. The zero-order valence-corrected chi connectivity index (χ0v) is 11.5. The van der Waals surface area contributed by atoms with Crippen molar-refractivity contribution in [1.29, 1.82) is 0 Å². The molecule has 1 unspecified atom stereocenters. The van der Waals surface area contributed by atoms with Gasteiger partial charge in [-0.15, -0.1) is 0 Å². The highest BCUT2D eigenvalue weighted by Crippen LogP contribution is 2.36. The van der Waals surface area contributed by atoms with Gasteiger partial charge >= 0.3 is 0 Å². The summed E-state index contributed by atoms with van der Waals surface area (Å²) in [5, 5.41) is 1.08. The number of aliphatic imine (C=N–C) groups is 1. The lowest BCUT2D eigenvalue weighted by Gasteiger charge is -2.26.